The zero-order chi connectivity index (χ0) is 14.7. The molecule has 114 valence electrons. The molecule has 0 aliphatic carbocycles. The summed E-state index contributed by atoms with van der Waals surface area (Å²) in [4.78, 5) is 21.0. The fourth-order valence-electron chi connectivity index (χ4n) is 3.43. The molecule has 1 amide bonds. The third-order valence-corrected chi connectivity index (χ3v) is 4.69. The number of nitrogen functional groups attached to an aromatic ring is 1. The van der Waals surface area contributed by atoms with Crippen LogP contribution in [0.1, 0.15) is 42.5 Å². The standard InChI is InChI=1S/C16H24N4O/c17-15-5-4-13(12-18-15)16(21)20-10-6-14(7-11-20)19-8-2-1-3-9-19/h4-5,12,14H,1-3,6-11H2,(H2,17,18). The number of rotatable bonds is 2. The molecule has 0 radical (unpaired) electrons. The molecular weight excluding hydrogens is 264 g/mol. The van der Waals surface area contributed by atoms with Gasteiger partial charge in [0, 0.05) is 25.3 Å². The van der Waals surface area contributed by atoms with Crippen molar-refractivity contribution in [2.24, 2.45) is 0 Å². The lowest BCUT2D eigenvalue weighted by Gasteiger charge is -2.40. The van der Waals surface area contributed by atoms with Crippen molar-refractivity contribution in [3.8, 4) is 0 Å². The number of hydrogen-bond donors (Lipinski definition) is 1. The predicted molar refractivity (Wildman–Crippen MR) is 83.0 cm³/mol. The minimum Gasteiger partial charge on any atom is -0.384 e. The quantitative estimate of drug-likeness (QED) is 0.900. The SMILES string of the molecule is Nc1ccc(C(=O)N2CCC(N3CCCCC3)CC2)cn1. The Balaban J connectivity index is 1.55. The van der Waals surface area contributed by atoms with E-state index in [2.05, 4.69) is 9.88 Å². The predicted octanol–water partition coefficient (Wildman–Crippen LogP) is 1.75. The highest BCUT2D eigenvalue weighted by atomic mass is 16.2. The van der Waals surface area contributed by atoms with Crippen LogP contribution in [0.5, 0.6) is 0 Å². The number of amides is 1. The first-order valence-electron chi connectivity index (χ1n) is 7.99. The van der Waals surface area contributed by atoms with E-state index in [4.69, 9.17) is 5.73 Å². The number of nitrogens with zero attached hydrogens (tertiary/aromatic N) is 3. The van der Waals surface area contributed by atoms with Gasteiger partial charge in [-0.1, -0.05) is 6.42 Å². The summed E-state index contributed by atoms with van der Waals surface area (Å²) in [6.07, 6.45) is 7.79. The first-order valence-corrected chi connectivity index (χ1v) is 7.99. The van der Waals surface area contributed by atoms with Gasteiger partial charge in [0.2, 0.25) is 0 Å². The first kappa shape index (κ1) is 14.3. The Kier molecular flexibility index (Phi) is 4.39. The van der Waals surface area contributed by atoms with Crippen molar-refractivity contribution in [3.05, 3.63) is 23.9 Å². The molecule has 0 saturated carbocycles. The Morgan fingerprint density at radius 1 is 1.10 bits per heavy atom. The molecule has 2 aliphatic rings. The van der Waals surface area contributed by atoms with Crippen molar-refractivity contribution in [3.63, 3.8) is 0 Å². The fraction of sp³-hybridized carbons (Fsp3) is 0.625. The normalized spacial score (nSPS) is 21.4. The van der Waals surface area contributed by atoms with Crippen LogP contribution in [0.25, 0.3) is 0 Å². The molecule has 2 saturated heterocycles. The van der Waals surface area contributed by atoms with Crippen molar-refractivity contribution in [2.45, 2.75) is 38.1 Å². The zero-order valence-electron chi connectivity index (χ0n) is 12.5. The number of hydrogen-bond acceptors (Lipinski definition) is 4. The van der Waals surface area contributed by atoms with Gasteiger partial charge in [0.1, 0.15) is 5.82 Å². The molecule has 21 heavy (non-hydrogen) atoms. The molecule has 5 nitrogen and oxygen atoms in total. The number of piperidine rings is 2. The summed E-state index contributed by atoms with van der Waals surface area (Å²) in [6.45, 7) is 4.18. The minimum absolute atomic E-state index is 0.0830. The summed E-state index contributed by atoms with van der Waals surface area (Å²) in [5, 5.41) is 0. The smallest absolute Gasteiger partial charge is 0.255 e. The van der Waals surface area contributed by atoms with E-state index in [1.807, 2.05) is 4.90 Å². The second kappa shape index (κ2) is 6.43. The van der Waals surface area contributed by atoms with Gasteiger partial charge in [-0.3, -0.25) is 4.79 Å². The van der Waals surface area contributed by atoms with E-state index >= 15 is 0 Å². The van der Waals surface area contributed by atoms with E-state index in [1.54, 1.807) is 18.3 Å². The van der Waals surface area contributed by atoms with Gasteiger partial charge < -0.3 is 15.5 Å². The largest absolute Gasteiger partial charge is 0.384 e. The lowest BCUT2D eigenvalue weighted by Crippen LogP contribution is -2.48. The van der Waals surface area contributed by atoms with Crippen molar-refractivity contribution in [1.29, 1.82) is 0 Å². The molecule has 1 aromatic rings. The van der Waals surface area contributed by atoms with E-state index in [9.17, 15) is 4.79 Å². The Morgan fingerprint density at radius 3 is 2.43 bits per heavy atom. The molecule has 2 fully saturated rings. The highest BCUT2D eigenvalue weighted by Gasteiger charge is 2.28. The van der Waals surface area contributed by atoms with Gasteiger partial charge in [0.15, 0.2) is 0 Å². The maximum absolute atomic E-state index is 12.4. The Bertz CT molecular complexity index is 474. The maximum Gasteiger partial charge on any atom is 0.255 e. The summed E-state index contributed by atoms with van der Waals surface area (Å²) in [5.74, 6) is 0.537. The molecule has 0 atom stereocenters. The molecular formula is C16H24N4O. The molecule has 0 unspecified atom stereocenters. The number of nitrogens with two attached hydrogens (primary N) is 1. The molecule has 2 aliphatic heterocycles. The number of carbonyl (C=O) groups excluding carboxylic acids is 1. The average Bonchev–Trinajstić information content (AvgIpc) is 2.56. The number of pyridine rings is 1. The molecule has 0 aromatic carbocycles. The van der Waals surface area contributed by atoms with E-state index in [0.717, 1.165) is 25.9 Å². The molecule has 0 bridgehead atoms. The van der Waals surface area contributed by atoms with Crippen LogP contribution in [-0.4, -0.2) is 52.9 Å². The molecule has 3 rings (SSSR count). The van der Waals surface area contributed by atoms with Crippen molar-refractivity contribution in [1.82, 2.24) is 14.8 Å². The summed E-state index contributed by atoms with van der Waals surface area (Å²) < 4.78 is 0. The zero-order valence-corrected chi connectivity index (χ0v) is 12.5. The summed E-state index contributed by atoms with van der Waals surface area (Å²) in [5.41, 5.74) is 6.20. The number of aromatic nitrogens is 1. The van der Waals surface area contributed by atoms with Crippen LogP contribution in [0.2, 0.25) is 0 Å². The molecule has 2 N–H and O–H groups in total. The van der Waals surface area contributed by atoms with Gasteiger partial charge in [0.25, 0.3) is 5.91 Å². The van der Waals surface area contributed by atoms with Gasteiger partial charge in [-0.25, -0.2) is 4.98 Å². The van der Waals surface area contributed by atoms with Crippen LogP contribution in [0, 0.1) is 0 Å². The number of likely N-dealkylation sites (tertiary alicyclic amines) is 2. The van der Waals surface area contributed by atoms with Gasteiger partial charge in [-0.2, -0.15) is 0 Å². The summed E-state index contributed by atoms with van der Waals surface area (Å²) in [6, 6.07) is 4.12. The lowest BCUT2D eigenvalue weighted by molar-refractivity contribution is 0.0589. The van der Waals surface area contributed by atoms with Crippen LogP contribution in [0.15, 0.2) is 18.3 Å². The highest BCUT2D eigenvalue weighted by molar-refractivity contribution is 5.94. The highest BCUT2D eigenvalue weighted by Crippen LogP contribution is 2.21. The van der Waals surface area contributed by atoms with Crippen LogP contribution < -0.4 is 5.73 Å². The Hall–Kier alpha value is -1.62. The Labute approximate surface area is 126 Å². The maximum atomic E-state index is 12.4. The minimum atomic E-state index is 0.0830. The average molecular weight is 288 g/mol. The monoisotopic (exact) mass is 288 g/mol. The van der Waals surface area contributed by atoms with Gasteiger partial charge >= 0.3 is 0 Å². The fourth-order valence-corrected chi connectivity index (χ4v) is 3.43. The molecule has 3 heterocycles. The third-order valence-electron chi connectivity index (χ3n) is 4.69. The third kappa shape index (κ3) is 3.35. The van der Waals surface area contributed by atoms with Crippen LogP contribution in [0.4, 0.5) is 5.82 Å². The van der Waals surface area contributed by atoms with E-state index in [1.165, 1.54) is 32.4 Å². The second-order valence-electron chi connectivity index (χ2n) is 6.09. The van der Waals surface area contributed by atoms with Crippen LogP contribution >= 0.6 is 0 Å². The van der Waals surface area contributed by atoms with E-state index in [0.29, 0.717) is 17.4 Å². The van der Waals surface area contributed by atoms with Crippen LogP contribution in [-0.2, 0) is 0 Å². The molecule has 1 aromatic heterocycles. The second-order valence-corrected chi connectivity index (χ2v) is 6.09. The van der Waals surface area contributed by atoms with E-state index in [-0.39, 0.29) is 5.91 Å². The van der Waals surface area contributed by atoms with Crippen molar-refractivity contribution < 1.29 is 4.79 Å². The summed E-state index contributed by atoms with van der Waals surface area (Å²) >= 11 is 0. The van der Waals surface area contributed by atoms with Gasteiger partial charge in [0.05, 0.1) is 5.56 Å². The Morgan fingerprint density at radius 2 is 1.81 bits per heavy atom. The van der Waals surface area contributed by atoms with Crippen molar-refractivity contribution in [2.75, 3.05) is 31.9 Å². The van der Waals surface area contributed by atoms with E-state index < -0.39 is 0 Å². The molecule has 5 heteroatoms. The number of carbonyl (C=O) groups is 1. The van der Waals surface area contributed by atoms with Gasteiger partial charge in [-0.05, 0) is 50.9 Å². The lowest BCUT2D eigenvalue weighted by atomic mass is 9.99. The number of anilines is 1. The first-order chi connectivity index (χ1) is 10.2. The van der Waals surface area contributed by atoms with Gasteiger partial charge in [-0.15, -0.1) is 0 Å². The van der Waals surface area contributed by atoms with Crippen molar-refractivity contribution >= 4 is 11.7 Å². The molecule has 0 spiro atoms. The van der Waals surface area contributed by atoms with Crippen LogP contribution in [0.3, 0.4) is 0 Å². The summed E-state index contributed by atoms with van der Waals surface area (Å²) in [7, 11) is 0. The topological polar surface area (TPSA) is 62.5 Å².